The van der Waals surface area contributed by atoms with Gasteiger partial charge >= 0.3 is 0 Å². The molecule has 1 aromatic carbocycles. The quantitative estimate of drug-likeness (QED) is 0.784. The molecule has 1 fully saturated rings. The summed E-state index contributed by atoms with van der Waals surface area (Å²) in [5, 5.41) is 8.90. The zero-order valence-electron chi connectivity index (χ0n) is 9.90. The molecule has 1 heterocycles. The number of nitrogens with two attached hydrogens (primary N) is 1. The van der Waals surface area contributed by atoms with E-state index in [4.69, 9.17) is 10.8 Å². The van der Waals surface area contributed by atoms with Gasteiger partial charge in [0.05, 0.1) is 0 Å². The van der Waals surface area contributed by atoms with Crippen LogP contribution in [0.2, 0.25) is 0 Å². The maximum Gasteiger partial charge on any atom is 0.123 e. The summed E-state index contributed by atoms with van der Waals surface area (Å²) in [4.78, 5) is 2.27. The van der Waals surface area contributed by atoms with E-state index >= 15 is 0 Å². The normalized spacial score (nSPS) is 20.9. The fourth-order valence-electron chi connectivity index (χ4n) is 2.43. The Morgan fingerprint density at radius 3 is 3.06 bits per heavy atom. The van der Waals surface area contributed by atoms with Crippen molar-refractivity contribution in [1.82, 2.24) is 4.90 Å². The molecule has 1 atom stereocenters. The molecule has 3 N–H and O–H groups in total. The van der Waals surface area contributed by atoms with Gasteiger partial charge in [-0.3, -0.25) is 4.90 Å². The lowest BCUT2D eigenvalue weighted by Crippen LogP contribution is -2.21. The van der Waals surface area contributed by atoms with Gasteiger partial charge in [0.15, 0.2) is 0 Å². The number of rotatable bonds is 4. The van der Waals surface area contributed by atoms with Crippen molar-refractivity contribution >= 4 is 5.69 Å². The zero-order chi connectivity index (χ0) is 12.3. The van der Waals surface area contributed by atoms with E-state index in [1.807, 2.05) is 0 Å². The molecule has 0 aromatic heterocycles. The van der Waals surface area contributed by atoms with Crippen LogP contribution < -0.4 is 5.73 Å². The maximum absolute atomic E-state index is 13.1. The average Bonchev–Trinajstić information content (AvgIpc) is 2.72. The van der Waals surface area contributed by atoms with Crippen LogP contribution in [0.25, 0.3) is 0 Å². The van der Waals surface area contributed by atoms with Crippen LogP contribution in [0.5, 0.6) is 0 Å². The molecular formula is C13H19FN2O. The first kappa shape index (κ1) is 12.3. The molecule has 3 nitrogen and oxygen atoms in total. The van der Waals surface area contributed by atoms with Crippen molar-refractivity contribution in [3.8, 4) is 0 Å². The highest BCUT2D eigenvalue weighted by atomic mass is 19.1. The number of hydrogen-bond acceptors (Lipinski definition) is 3. The first-order valence-corrected chi connectivity index (χ1v) is 6.06. The number of aliphatic hydroxyl groups excluding tert-OH is 1. The fourth-order valence-corrected chi connectivity index (χ4v) is 2.43. The van der Waals surface area contributed by atoms with Crippen LogP contribution >= 0.6 is 0 Å². The smallest absolute Gasteiger partial charge is 0.123 e. The monoisotopic (exact) mass is 238 g/mol. The summed E-state index contributed by atoms with van der Waals surface area (Å²) in [5.41, 5.74) is 7.33. The standard InChI is InChI=1S/C13H19FN2O/c14-12-1-2-13(15)11(7-12)9-16-5-3-10(8-16)4-6-17/h1-2,7,10,17H,3-6,8-9,15H2. The van der Waals surface area contributed by atoms with Crippen molar-refractivity contribution in [3.05, 3.63) is 29.6 Å². The molecule has 0 radical (unpaired) electrons. The molecule has 1 unspecified atom stereocenters. The second-order valence-electron chi connectivity index (χ2n) is 4.75. The minimum Gasteiger partial charge on any atom is -0.398 e. The van der Waals surface area contributed by atoms with Crippen molar-refractivity contribution in [3.63, 3.8) is 0 Å². The number of nitrogen functional groups attached to an aromatic ring is 1. The van der Waals surface area contributed by atoms with Gasteiger partial charge in [0.2, 0.25) is 0 Å². The van der Waals surface area contributed by atoms with Crippen molar-refractivity contribution in [2.75, 3.05) is 25.4 Å². The van der Waals surface area contributed by atoms with Crippen molar-refractivity contribution in [2.24, 2.45) is 5.92 Å². The third-order valence-electron chi connectivity index (χ3n) is 3.41. The van der Waals surface area contributed by atoms with Crippen LogP contribution in [0, 0.1) is 11.7 Å². The molecule has 1 aromatic rings. The Kier molecular flexibility index (Phi) is 3.97. The van der Waals surface area contributed by atoms with Gasteiger partial charge in [0.25, 0.3) is 0 Å². The number of nitrogens with zero attached hydrogens (tertiary/aromatic N) is 1. The molecule has 1 aliphatic heterocycles. The average molecular weight is 238 g/mol. The summed E-state index contributed by atoms with van der Waals surface area (Å²) in [6, 6.07) is 4.51. The van der Waals surface area contributed by atoms with E-state index in [1.165, 1.54) is 12.1 Å². The lowest BCUT2D eigenvalue weighted by molar-refractivity contribution is 0.249. The van der Waals surface area contributed by atoms with E-state index in [0.717, 1.165) is 31.5 Å². The van der Waals surface area contributed by atoms with Crippen LogP contribution in [-0.4, -0.2) is 29.7 Å². The Bertz CT molecular complexity index is 384. The third-order valence-corrected chi connectivity index (χ3v) is 3.41. The lowest BCUT2D eigenvalue weighted by Gasteiger charge is -2.17. The largest absolute Gasteiger partial charge is 0.398 e. The van der Waals surface area contributed by atoms with Crippen LogP contribution in [0.4, 0.5) is 10.1 Å². The van der Waals surface area contributed by atoms with Crippen LogP contribution in [0.3, 0.4) is 0 Å². The summed E-state index contributed by atoms with van der Waals surface area (Å²) in [7, 11) is 0. The molecule has 0 spiro atoms. The Morgan fingerprint density at radius 2 is 2.29 bits per heavy atom. The second kappa shape index (κ2) is 5.47. The Morgan fingerprint density at radius 1 is 1.47 bits per heavy atom. The van der Waals surface area contributed by atoms with Crippen LogP contribution in [0.1, 0.15) is 18.4 Å². The number of benzene rings is 1. The predicted octanol–water partition coefficient (Wildman–Crippen LogP) is 1.61. The highest BCUT2D eigenvalue weighted by molar-refractivity contribution is 5.46. The molecule has 4 heteroatoms. The van der Waals surface area contributed by atoms with Crippen molar-refractivity contribution in [1.29, 1.82) is 0 Å². The Balaban J connectivity index is 1.95. The van der Waals surface area contributed by atoms with E-state index in [9.17, 15) is 4.39 Å². The topological polar surface area (TPSA) is 49.5 Å². The van der Waals surface area contributed by atoms with Gasteiger partial charge in [-0.05, 0) is 49.1 Å². The molecule has 1 saturated heterocycles. The first-order chi connectivity index (χ1) is 8.19. The van der Waals surface area contributed by atoms with Crippen LogP contribution in [-0.2, 0) is 6.54 Å². The van der Waals surface area contributed by atoms with Gasteiger partial charge in [-0.25, -0.2) is 4.39 Å². The van der Waals surface area contributed by atoms with Gasteiger partial charge in [-0.15, -0.1) is 0 Å². The summed E-state index contributed by atoms with van der Waals surface area (Å²) < 4.78 is 13.1. The molecular weight excluding hydrogens is 219 g/mol. The molecule has 0 saturated carbocycles. The van der Waals surface area contributed by atoms with Crippen molar-refractivity contribution in [2.45, 2.75) is 19.4 Å². The Hall–Kier alpha value is -1.13. The second-order valence-corrected chi connectivity index (χ2v) is 4.75. The van der Waals surface area contributed by atoms with E-state index in [0.29, 0.717) is 18.2 Å². The third kappa shape index (κ3) is 3.17. The number of likely N-dealkylation sites (tertiary alicyclic amines) is 1. The number of anilines is 1. The summed E-state index contributed by atoms with van der Waals surface area (Å²) in [6.07, 6.45) is 1.96. The predicted molar refractivity (Wildman–Crippen MR) is 65.9 cm³/mol. The minimum atomic E-state index is -0.236. The Labute approximate surface area is 101 Å². The van der Waals surface area contributed by atoms with Gasteiger partial charge in [-0.2, -0.15) is 0 Å². The van der Waals surface area contributed by atoms with E-state index < -0.39 is 0 Å². The van der Waals surface area contributed by atoms with Crippen LogP contribution in [0.15, 0.2) is 18.2 Å². The van der Waals surface area contributed by atoms with Gasteiger partial charge in [-0.1, -0.05) is 0 Å². The SMILES string of the molecule is Nc1ccc(F)cc1CN1CCC(CCO)C1. The van der Waals surface area contributed by atoms with Crippen molar-refractivity contribution < 1.29 is 9.50 Å². The van der Waals surface area contributed by atoms with Gasteiger partial charge < -0.3 is 10.8 Å². The first-order valence-electron chi connectivity index (χ1n) is 6.06. The lowest BCUT2D eigenvalue weighted by atomic mass is 10.1. The number of halogens is 1. The molecule has 94 valence electrons. The number of aliphatic hydroxyl groups is 1. The molecule has 2 rings (SSSR count). The molecule has 0 aliphatic carbocycles. The van der Waals surface area contributed by atoms with Gasteiger partial charge in [0.1, 0.15) is 5.82 Å². The molecule has 0 amide bonds. The minimum absolute atomic E-state index is 0.236. The van der Waals surface area contributed by atoms with E-state index in [-0.39, 0.29) is 12.4 Å². The van der Waals surface area contributed by atoms with E-state index in [2.05, 4.69) is 4.90 Å². The highest BCUT2D eigenvalue weighted by Gasteiger charge is 2.22. The number of hydrogen-bond donors (Lipinski definition) is 2. The molecule has 1 aliphatic rings. The zero-order valence-corrected chi connectivity index (χ0v) is 9.90. The summed E-state index contributed by atoms with van der Waals surface area (Å²) in [5.74, 6) is 0.329. The maximum atomic E-state index is 13.1. The summed E-state index contributed by atoms with van der Waals surface area (Å²) >= 11 is 0. The highest BCUT2D eigenvalue weighted by Crippen LogP contribution is 2.23. The van der Waals surface area contributed by atoms with E-state index in [1.54, 1.807) is 6.07 Å². The fraction of sp³-hybridized carbons (Fsp3) is 0.538. The van der Waals surface area contributed by atoms with Gasteiger partial charge in [0, 0.05) is 25.4 Å². The summed E-state index contributed by atoms with van der Waals surface area (Å²) in [6.45, 7) is 2.92. The molecule has 0 bridgehead atoms. The molecule has 17 heavy (non-hydrogen) atoms.